The third-order valence-corrected chi connectivity index (χ3v) is 2.20. The van der Waals surface area contributed by atoms with E-state index in [2.05, 4.69) is 15.3 Å². The van der Waals surface area contributed by atoms with Crippen LogP contribution >= 0.6 is 11.6 Å². The molecule has 0 aliphatic rings. The van der Waals surface area contributed by atoms with Crippen molar-refractivity contribution in [2.75, 3.05) is 20.3 Å². The Morgan fingerprint density at radius 1 is 1.65 bits per heavy atom. The van der Waals surface area contributed by atoms with E-state index in [1.54, 1.807) is 0 Å². The Morgan fingerprint density at radius 3 is 3.00 bits per heavy atom. The highest BCUT2D eigenvalue weighted by atomic mass is 35.5. The Bertz CT molecular complexity index is 370. The van der Waals surface area contributed by atoms with Crippen LogP contribution in [0.5, 0.6) is 0 Å². The Morgan fingerprint density at radius 2 is 2.41 bits per heavy atom. The number of carbonyl (C=O) groups is 1. The lowest BCUT2D eigenvalue weighted by Gasteiger charge is -2.16. The van der Waals surface area contributed by atoms with Gasteiger partial charge in [-0.3, -0.25) is 9.78 Å². The highest BCUT2D eigenvalue weighted by molar-refractivity contribution is 6.29. The first-order valence-electron chi connectivity index (χ1n) is 5.05. The molecular formula is C10H14ClN3O3. The van der Waals surface area contributed by atoms with Gasteiger partial charge >= 0.3 is 0 Å². The number of aliphatic hydroxyl groups excluding tert-OH is 1. The molecule has 2 N–H and O–H groups in total. The van der Waals surface area contributed by atoms with Gasteiger partial charge in [0, 0.05) is 13.7 Å². The summed E-state index contributed by atoms with van der Waals surface area (Å²) < 4.78 is 4.93. The summed E-state index contributed by atoms with van der Waals surface area (Å²) in [6.07, 6.45) is 3.08. The largest absolute Gasteiger partial charge is 0.396 e. The normalized spacial score (nSPS) is 12.2. The summed E-state index contributed by atoms with van der Waals surface area (Å²) in [5, 5.41) is 11.7. The number of nitrogens with zero attached hydrogens (tertiary/aromatic N) is 2. The van der Waals surface area contributed by atoms with Crippen LogP contribution in [-0.4, -0.2) is 47.3 Å². The number of hydrogen-bond donors (Lipinski definition) is 2. The van der Waals surface area contributed by atoms with Crippen LogP contribution in [0.3, 0.4) is 0 Å². The second kappa shape index (κ2) is 7.16. The molecule has 0 aliphatic carbocycles. The number of hydrogen-bond acceptors (Lipinski definition) is 5. The van der Waals surface area contributed by atoms with E-state index in [-0.39, 0.29) is 23.5 Å². The van der Waals surface area contributed by atoms with Gasteiger partial charge in [0.25, 0.3) is 5.91 Å². The molecule has 0 aliphatic heterocycles. The van der Waals surface area contributed by atoms with Crippen molar-refractivity contribution < 1.29 is 14.6 Å². The number of aromatic nitrogens is 2. The van der Waals surface area contributed by atoms with Crippen LogP contribution in [0.4, 0.5) is 0 Å². The van der Waals surface area contributed by atoms with E-state index in [0.29, 0.717) is 13.0 Å². The fraction of sp³-hybridized carbons (Fsp3) is 0.500. The molecule has 1 rings (SSSR count). The van der Waals surface area contributed by atoms with E-state index in [1.807, 2.05) is 0 Å². The van der Waals surface area contributed by atoms with Crippen LogP contribution in [0.25, 0.3) is 0 Å². The maximum Gasteiger partial charge on any atom is 0.271 e. The Hall–Kier alpha value is -1.24. The van der Waals surface area contributed by atoms with Crippen molar-refractivity contribution in [3.05, 3.63) is 23.2 Å². The minimum atomic E-state index is -0.393. The third-order valence-electron chi connectivity index (χ3n) is 2.02. The molecule has 0 aromatic carbocycles. The Kier molecular flexibility index (Phi) is 5.82. The summed E-state index contributed by atoms with van der Waals surface area (Å²) in [5.74, 6) is -0.393. The SMILES string of the molecule is COCC(CCO)NC(=O)c1cncc(Cl)n1. The number of halogens is 1. The van der Waals surface area contributed by atoms with E-state index < -0.39 is 5.91 Å². The first-order valence-corrected chi connectivity index (χ1v) is 5.43. The number of ether oxygens (including phenoxy) is 1. The van der Waals surface area contributed by atoms with Crippen LogP contribution in [-0.2, 0) is 4.74 Å². The van der Waals surface area contributed by atoms with Gasteiger partial charge in [-0.25, -0.2) is 4.98 Å². The minimum Gasteiger partial charge on any atom is -0.396 e. The average molecular weight is 260 g/mol. The number of rotatable bonds is 6. The summed E-state index contributed by atoms with van der Waals surface area (Å²) in [4.78, 5) is 19.4. The van der Waals surface area contributed by atoms with Crippen molar-refractivity contribution in [1.29, 1.82) is 0 Å². The van der Waals surface area contributed by atoms with Crippen molar-refractivity contribution in [2.45, 2.75) is 12.5 Å². The average Bonchev–Trinajstić information content (AvgIpc) is 2.29. The lowest BCUT2D eigenvalue weighted by molar-refractivity contribution is 0.0873. The lowest BCUT2D eigenvalue weighted by Crippen LogP contribution is -2.39. The molecule has 94 valence electrons. The van der Waals surface area contributed by atoms with Gasteiger partial charge in [0.2, 0.25) is 0 Å². The van der Waals surface area contributed by atoms with E-state index >= 15 is 0 Å². The van der Waals surface area contributed by atoms with Crippen molar-refractivity contribution in [2.24, 2.45) is 0 Å². The van der Waals surface area contributed by atoms with Gasteiger partial charge in [-0.1, -0.05) is 11.6 Å². The van der Waals surface area contributed by atoms with Crippen molar-refractivity contribution >= 4 is 17.5 Å². The molecule has 1 heterocycles. The Balaban J connectivity index is 2.63. The van der Waals surface area contributed by atoms with Crippen LogP contribution in [0.2, 0.25) is 5.15 Å². The zero-order valence-electron chi connectivity index (χ0n) is 9.39. The summed E-state index contributed by atoms with van der Waals surface area (Å²) >= 11 is 5.63. The van der Waals surface area contributed by atoms with Crippen LogP contribution in [0, 0.1) is 0 Å². The maximum atomic E-state index is 11.7. The highest BCUT2D eigenvalue weighted by Crippen LogP contribution is 2.03. The first kappa shape index (κ1) is 13.8. The van der Waals surface area contributed by atoms with Gasteiger partial charge in [0.15, 0.2) is 0 Å². The summed E-state index contributed by atoms with van der Waals surface area (Å²) in [6.45, 7) is 0.288. The van der Waals surface area contributed by atoms with Gasteiger partial charge in [-0.2, -0.15) is 0 Å². The zero-order chi connectivity index (χ0) is 12.7. The van der Waals surface area contributed by atoms with E-state index in [0.717, 1.165) is 0 Å². The predicted octanol–water partition coefficient (Wildman–Crippen LogP) is 0.257. The second-order valence-corrected chi connectivity index (χ2v) is 3.75. The van der Waals surface area contributed by atoms with Gasteiger partial charge in [0.05, 0.1) is 25.0 Å². The molecule has 0 saturated carbocycles. The molecule has 0 radical (unpaired) electrons. The summed E-state index contributed by atoms with van der Waals surface area (Å²) in [5.41, 5.74) is 0.136. The molecule has 6 nitrogen and oxygen atoms in total. The fourth-order valence-electron chi connectivity index (χ4n) is 1.27. The molecule has 0 bridgehead atoms. The van der Waals surface area contributed by atoms with Crippen molar-refractivity contribution in [3.8, 4) is 0 Å². The van der Waals surface area contributed by atoms with Crippen LogP contribution in [0.1, 0.15) is 16.9 Å². The second-order valence-electron chi connectivity index (χ2n) is 3.37. The molecule has 0 fully saturated rings. The molecule has 1 aromatic rings. The van der Waals surface area contributed by atoms with Gasteiger partial charge in [-0.15, -0.1) is 0 Å². The molecule has 7 heteroatoms. The number of aliphatic hydroxyl groups is 1. The van der Waals surface area contributed by atoms with Gasteiger partial charge in [-0.05, 0) is 6.42 Å². The van der Waals surface area contributed by atoms with Crippen LogP contribution < -0.4 is 5.32 Å². The quantitative estimate of drug-likeness (QED) is 0.765. The van der Waals surface area contributed by atoms with Crippen LogP contribution in [0.15, 0.2) is 12.4 Å². The standard InChI is InChI=1S/C10H14ClN3O3/c1-17-6-7(2-3-15)13-10(16)8-4-12-5-9(11)14-8/h4-5,7,15H,2-3,6H2,1H3,(H,13,16). The molecule has 1 atom stereocenters. The fourth-order valence-corrected chi connectivity index (χ4v) is 1.41. The Labute approximate surface area is 104 Å². The predicted molar refractivity (Wildman–Crippen MR) is 61.9 cm³/mol. The molecule has 1 amide bonds. The molecular weight excluding hydrogens is 246 g/mol. The third kappa shape index (κ3) is 4.64. The number of amides is 1. The van der Waals surface area contributed by atoms with Gasteiger partial charge in [0.1, 0.15) is 10.8 Å². The lowest BCUT2D eigenvalue weighted by atomic mass is 10.2. The van der Waals surface area contributed by atoms with E-state index in [4.69, 9.17) is 21.4 Å². The number of methoxy groups -OCH3 is 1. The maximum absolute atomic E-state index is 11.7. The zero-order valence-corrected chi connectivity index (χ0v) is 10.1. The van der Waals surface area contributed by atoms with E-state index in [1.165, 1.54) is 19.5 Å². The van der Waals surface area contributed by atoms with E-state index in [9.17, 15) is 4.79 Å². The van der Waals surface area contributed by atoms with Crippen molar-refractivity contribution in [1.82, 2.24) is 15.3 Å². The minimum absolute atomic E-state index is 0.0322. The van der Waals surface area contributed by atoms with Crippen molar-refractivity contribution in [3.63, 3.8) is 0 Å². The molecule has 1 aromatic heterocycles. The highest BCUT2D eigenvalue weighted by Gasteiger charge is 2.14. The number of nitrogens with one attached hydrogen (secondary N) is 1. The number of carbonyl (C=O) groups excluding carboxylic acids is 1. The molecule has 0 saturated heterocycles. The summed E-state index contributed by atoms with van der Waals surface area (Å²) in [6, 6.07) is -0.265. The summed E-state index contributed by atoms with van der Waals surface area (Å²) in [7, 11) is 1.52. The smallest absolute Gasteiger partial charge is 0.271 e. The molecule has 1 unspecified atom stereocenters. The molecule has 17 heavy (non-hydrogen) atoms. The topological polar surface area (TPSA) is 84.3 Å². The first-order chi connectivity index (χ1) is 8.17. The monoisotopic (exact) mass is 259 g/mol. The van der Waals surface area contributed by atoms with Gasteiger partial charge < -0.3 is 15.2 Å². The molecule has 0 spiro atoms.